The highest BCUT2D eigenvalue weighted by Crippen LogP contribution is 2.07. The van der Waals surface area contributed by atoms with Crippen molar-refractivity contribution in [1.29, 1.82) is 0 Å². The lowest BCUT2D eigenvalue weighted by atomic mass is 10.1. The van der Waals surface area contributed by atoms with Gasteiger partial charge in [0.25, 0.3) is 0 Å². The average molecular weight is 192 g/mol. The maximum absolute atomic E-state index is 11.5. The van der Waals surface area contributed by atoms with Gasteiger partial charge in [0.15, 0.2) is 0 Å². The summed E-state index contributed by atoms with van der Waals surface area (Å²) in [5.74, 6) is -0.237. The van der Waals surface area contributed by atoms with Gasteiger partial charge in [0.1, 0.15) is 0 Å². The molecule has 0 bridgehead atoms. The molecule has 0 aromatic heterocycles. The summed E-state index contributed by atoms with van der Waals surface area (Å²) >= 11 is 0. The van der Waals surface area contributed by atoms with Gasteiger partial charge in [-0.15, -0.1) is 0 Å². The third-order valence-corrected chi connectivity index (χ3v) is 2.17. The smallest absolute Gasteiger partial charge is 0.338 e. The van der Waals surface area contributed by atoms with Crippen molar-refractivity contribution in [2.45, 2.75) is 33.3 Å². The van der Waals surface area contributed by atoms with E-state index < -0.39 is 0 Å². The largest absolute Gasteiger partial charge is 0.459 e. The van der Waals surface area contributed by atoms with Crippen LogP contribution in [0.4, 0.5) is 0 Å². The molecule has 0 heterocycles. The molecule has 76 valence electrons. The average Bonchev–Trinajstić information content (AvgIpc) is 2.18. The Morgan fingerprint density at radius 1 is 1.36 bits per heavy atom. The molecule has 1 rings (SSSR count). The number of carbonyl (C=O) groups is 1. The third-order valence-electron chi connectivity index (χ3n) is 2.17. The lowest BCUT2D eigenvalue weighted by Crippen LogP contribution is -2.13. The minimum atomic E-state index is -0.237. The van der Waals surface area contributed by atoms with Crippen molar-refractivity contribution < 1.29 is 9.53 Å². The second kappa shape index (κ2) is 4.80. The van der Waals surface area contributed by atoms with Crippen molar-refractivity contribution >= 4 is 5.97 Å². The van der Waals surface area contributed by atoms with Crippen molar-refractivity contribution in [3.05, 3.63) is 35.4 Å². The van der Waals surface area contributed by atoms with Crippen LogP contribution in [0.15, 0.2) is 24.3 Å². The minimum absolute atomic E-state index is 0.0104. The molecule has 0 spiro atoms. The van der Waals surface area contributed by atoms with Gasteiger partial charge in [0.2, 0.25) is 0 Å². The summed E-state index contributed by atoms with van der Waals surface area (Å²) in [6, 6.07) is 7.40. The summed E-state index contributed by atoms with van der Waals surface area (Å²) in [6.07, 6.45) is 0.834. The van der Waals surface area contributed by atoms with E-state index in [2.05, 4.69) is 0 Å². The van der Waals surface area contributed by atoms with Gasteiger partial charge in [-0.25, -0.2) is 4.79 Å². The van der Waals surface area contributed by atoms with E-state index in [0.29, 0.717) is 5.56 Å². The number of hydrogen-bond donors (Lipinski definition) is 0. The number of rotatable bonds is 3. The molecule has 1 atom stereocenters. The molecule has 0 unspecified atom stereocenters. The molecule has 2 nitrogen and oxygen atoms in total. The zero-order valence-electron chi connectivity index (χ0n) is 8.91. The molecule has 0 aliphatic heterocycles. The van der Waals surface area contributed by atoms with E-state index in [1.807, 2.05) is 32.9 Å². The Morgan fingerprint density at radius 2 is 1.93 bits per heavy atom. The standard InChI is InChI=1S/C12H16O2/c1-4-10(3)14-12(13)11-7-5-9(2)6-8-11/h5-8,10H,4H2,1-3H3/t10-/m1/s1. The van der Waals surface area contributed by atoms with E-state index >= 15 is 0 Å². The van der Waals surface area contributed by atoms with Crippen molar-refractivity contribution in [1.82, 2.24) is 0 Å². The molecule has 1 aromatic rings. The molecule has 0 fully saturated rings. The Hall–Kier alpha value is -1.31. The second-order valence-corrected chi connectivity index (χ2v) is 3.49. The number of hydrogen-bond acceptors (Lipinski definition) is 2. The van der Waals surface area contributed by atoms with Gasteiger partial charge in [-0.2, -0.15) is 0 Å². The molecular formula is C12H16O2. The fraction of sp³-hybridized carbons (Fsp3) is 0.417. The van der Waals surface area contributed by atoms with Crippen molar-refractivity contribution in [3.63, 3.8) is 0 Å². The molecule has 0 aliphatic carbocycles. The van der Waals surface area contributed by atoms with E-state index in [4.69, 9.17) is 4.74 Å². The van der Waals surface area contributed by atoms with E-state index in [0.717, 1.165) is 12.0 Å². The third kappa shape index (κ3) is 2.87. The van der Waals surface area contributed by atoms with Crippen LogP contribution in [-0.2, 0) is 4.74 Å². The lowest BCUT2D eigenvalue weighted by molar-refractivity contribution is 0.0334. The molecule has 0 aliphatic rings. The zero-order valence-corrected chi connectivity index (χ0v) is 8.91. The molecule has 2 heteroatoms. The quantitative estimate of drug-likeness (QED) is 0.688. The number of esters is 1. The molecule has 0 saturated carbocycles. The van der Waals surface area contributed by atoms with Crippen molar-refractivity contribution in [2.24, 2.45) is 0 Å². The SMILES string of the molecule is CC[C@@H](C)OC(=O)c1ccc(C)cc1. The summed E-state index contributed by atoms with van der Waals surface area (Å²) in [5, 5.41) is 0. The summed E-state index contributed by atoms with van der Waals surface area (Å²) in [7, 11) is 0. The fourth-order valence-corrected chi connectivity index (χ4v) is 1.02. The molecule has 14 heavy (non-hydrogen) atoms. The Morgan fingerprint density at radius 3 is 2.43 bits per heavy atom. The highest BCUT2D eigenvalue weighted by Gasteiger charge is 2.09. The van der Waals surface area contributed by atoms with Crippen LogP contribution in [0.5, 0.6) is 0 Å². The van der Waals surface area contributed by atoms with Crippen LogP contribution in [0, 0.1) is 6.92 Å². The Labute approximate surface area is 84.9 Å². The number of carbonyl (C=O) groups excluding carboxylic acids is 1. The summed E-state index contributed by atoms with van der Waals surface area (Å²) < 4.78 is 5.19. The molecule has 0 N–H and O–H groups in total. The van der Waals surface area contributed by atoms with Crippen LogP contribution in [0.3, 0.4) is 0 Å². The van der Waals surface area contributed by atoms with E-state index in [1.165, 1.54) is 0 Å². The Balaban J connectivity index is 2.65. The van der Waals surface area contributed by atoms with Gasteiger partial charge in [-0.1, -0.05) is 24.6 Å². The second-order valence-electron chi connectivity index (χ2n) is 3.49. The van der Waals surface area contributed by atoms with Gasteiger partial charge in [-0.3, -0.25) is 0 Å². The summed E-state index contributed by atoms with van der Waals surface area (Å²) in [5.41, 5.74) is 1.76. The first-order valence-corrected chi connectivity index (χ1v) is 4.91. The van der Waals surface area contributed by atoms with Gasteiger partial charge in [0.05, 0.1) is 11.7 Å². The van der Waals surface area contributed by atoms with Gasteiger partial charge in [0, 0.05) is 0 Å². The first-order valence-electron chi connectivity index (χ1n) is 4.91. The summed E-state index contributed by atoms with van der Waals surface area (Å²) in [4.78, 5) is 11.5. The minimum Gasteiger partial charge on any atom is -0.459 e. The number of ether oxygens (including phenoxy) is 1. The van der Waals surface area contributed by atoms with Gasteiger partial charge in [-0.05, 0) is 32.4 Å². The van der Waals surface area contributed by atoms with Crippen LogP contribution >= 0.6 is 0 Å². The highest BCUT2D eigenvalue weighted by molar-refractivity contribution is 5.89. The summed E-state index contributed by atoms with van der Waals surface area (Å²) in [6.45, 7) is 5.88. The van der Waals surface area contributed by atoms with Crippen molar-refractivity contribution in [2.75, 3.05) is 0 Å². The fourth-order valence-electron chi connectivity index (χ4n) is 1.02. The molecular weight excluding hydrogens is 176 g/mol. The van der Waals surface area contributed by atoms with Gasteiger partial charge >= 0.3 is 5.97 Å². The zero-order chi connectivity index (χ0) is 10.6. The number of aryl methyl sites for hydroxylation is 1. The van der Waals surface area contributed by atoms with Crippen LogP contribution in [0.1, 0.15) is 36.2 Å². The monoisotopic (exact) mass is 192 g/mol. The normalized spacial score (nSPS) is 12.2. The maximum atomic E-state index is 11.5. The molecule has 0 radical (unpaired) electrons. The van der Waals surface area contributed by atoms with Crippen molar-refractivity contribution in [3.8, 4) is 0 Å². The van der Waals surface area contributed by atoms with Crippen LogP contribution < -0.4 is 0 Å². The predicted octanol–water partition coefficient (Wildman–Crippen LogP) is 2.95. The first kappa shape index (κ1) is 10.8. The number of benzene rings is 1. The Kier molecular flexibility index (Phi) is 3.69. The van der Waals surface area contributed by atoms with Crippen LogP contribution in [0.2, 0.25) is 0 Å². The van der Waals surface area contributed by atoms with Crippen LogP contribution in [0.25, 0.3) is 0 Å². The molecule has 1 aromatic carbocycles. The maximum Gasteiger partial charge on any atom is 0.338 e. The topological polar surface area (TPSA) is 26.3 Å². The van der Waals surface area contributed by atoms with E-state index in [1.54, 1.807) is 12.1 Å². The molecule has 0 saturated heterocycles. The molecule has 0 amide bonds. The lowest BCUT2D eigenvalue weighted by Gasteiger charge is -2.10. The highest BCUT2D eigenvalue weighted by atomic mass is 16.5. The predicted molar refractivity (Wildman–Crippen MR) is 56.3 cm³/mol. The van der Waals surface area contributed by atoms with Gasteiger partial charge < -0.3 is 4.74 Å². The first-order chi connectivity index (χ1) is 6.63. The van der Waals surface area contributed by atoms with E-state index in [-0.39, 0.29) is 12.1 Å². The van der Waals surface area contributed by atoms with E-state index in [9.17, 15) is 4.79 Å². The Bertz CT molecular complexity index is 301. The van der Waals surface area contributed by atoms with Crippen LogP contribution in [-0.4, -0.2) is 12.1 Å².